The Morgan fingerprint density at radius 2 is 2.07 bits per heavy atom. The lowest BCUT2D eigenvalue weighted by molar-refractivity contribution is -0.119. The highest BCUT2D eigenvalue weighted by Crippen LogP contribution is 2.35. The highest BCUT2D eigenvalue weighted by molar-refractivity contribution is 5.82. The molecule has 0 fully saturated rings. The van der Waals surface area contributed by atoms with E-state index in [0.29, 0.717) is 18.9 Å². The van der Waals surface area contributed by atoms with Crippen molar-refractivity contribution in [3.05, 3.63) is 36.3 Å². The molecule has 0 unspecified atom stereocenters. The van der Waals surface area contributed by atoms with Crippen LogP contribution in [-0.4, -0.2) is 36.8 Å². The van der Waals surface area contributed by atoms with Crippen molar-refractivity contribution in [2.75, 3.05) is 6.61 Å². The summed E-state index contributed by atoms with van der Waals surface area (Å²) in [5.74, 6) is 1.53. The molecule has 2 aromatic heterocycles. The number of fused-ring (bicyclic) bond motifs is 3. The number of carbonyl (C=O) groups excluding carboxylic acids is 1. The zero-order valence-electron chi connectivity index (χ0n) is 15.6. The van der Waals surface area contributed by atoms with E-state index >= 15 is 0 Å². The van der Waals surface area contributed by atoms with Gasteiger partial charge >= 0.3 is 0 Å². The number of primary amides is 1. The van der Waals surface area contributed by atoms with Crippen molar-refractivity contribution in [1.82, 2.24) is 24.3 Å². The molecule has 0 saturated heterocycles. The molecular formula is C19H22N6O2. The maximum absolute atomic E-state index is 11.5. The molecule has 3 heterocycles. The molecule has 1 atom stereocenters. The number of nitrogens with zero attached hydrogens (tertiary/aromatic N) is 5. The molecule has 27 heavy (non-hydrogen) atoms. The largest absolute Gasteiger partial charge is 0.491 e. The van der Waals surface area contributed by atoms with Crippen molar-refractivity contribution in [3.8, 4) is 28.7 Å². The Balaban J connectivity index is 1.79. The average Bonchev–Trinajstić information content (AvgIpc) is 3.25. The summed E-state index contributed by atoms with van der Waals surface area (Å²) >= 11 is 0. The summed E-state index contributed by atoms with van der Waals surface area (Å²) in [4.78, 5) is 20.7. The van der Waals surface area contributed by atoms with Gasteiger partial charge in [0.1, 0.15) is 30.2 Å². The van der Waals surface area contributed by atoms with E-state index in [1.807, 2.05) is 29.1 Å². The lowest BCUT2D eigenvalue weighted by atomic mass is 9.98. The van der Waals surface area contributed by atoms with Gasteiger partial charge in [-0.05, 0) is 38.5 Å². The number of benzene rings is 1. The van der Waals surface area contributed by atoms with Crippen molar-refractivity contribution in [1.29, 1.82) is 0 Å². The normalized spacial score (nSPS) is 14.2. The van der Waals surface area contributed by atoms with Crippen LogP contribution in [0.2, 0.25) is 0 Å². The Bertz CT molecular complexity index is 1000. The molecule has 1 aromatic carbocycles. The number of imidazole rings is 1. The fourth-order valence-electron chi connectivity index (χ4n) is 3.25. The quantitative estimate of drug-likeness (QED) is 0.764. The molecule has 0 radical (unpaired) electrons. The zero-order chi connectivity index (χ0) is 19.1. The molecule has 8 nitrogen and oxygen atoms in total. The van der Waals surface area contributed by atoms with Crippen LogP contribution in [0.3, 0.4) is 0 Å². The number of hydrogen-bond donors (Lipinski definition) is 1. The van der Waals surface area contributed by atoms with Crippen molar-refractivity contribution in [3.63, 3.8) is 0 Å². The molecule has 3 aromatic rings. The van der Waals surface area contributed by atoms with Crippen molar-refractivity contribution in [2.24, 2.45) is 5.73 Å². The third-order valence-electron chi connectivity index (χ3n) is 4.83. The van der Waals surface area contributed by atoms with E-state index in [0.717, 1.165) is 28.5 Å². The van der Waals surface area contributed by atoms with Crippen LogP contribution in [0.5, 0.6) is 5.75 Å². The van der Waals surface area contributed by atoms with Crippen LogP contribution < -0.4 is 10.5 Å². The smallest absolute Gasteiger partial charge is 0.224 e. The summed E-state index contributed by atoms with van der Waals surface area (Å²) < 4.78 is 9.83. The number of rotatable bonds is 4. The average molecular weight is 366 g/mol. The van der Waals surface area contributed by atoms with Crippen molar-refractivity contribution >= 4 is 5.91 Å². The fourth-order valence-corrected chi connectivity index (χ4v) is 3.25. The Labute approximate surface area is 157 Å². The first kappa shape index (κ1) is 17.3. The molecular weight excluding hydrogens is 344 g/mol. The molecule has 1 aliphatic rings. The van der Waals surface area contributed by atoms with Crippen LogP contribution in [0.15, 0.2) is 30.7 Å². The number of carbonyl (C=O) groups is 1. The summed E-state index contributed by atoms with van der Waals surface area (Å²) in [7, 11) is 0. The summed E-state index contributed by atoms with van der Waals surface area (Å²) in [6, 6.07) is 5.91. The van der Waals surface area contributed by atoms with Crippen LogP contribution in [0.1, 0.15) is 38.3 Å². The van der Waals surface area contributed by atoms with Crippen LogP contribution in [0.25, 0.3) is 22.9 Å². The van der Waals surface area contributed by atoms with Gasteiger partial charge in [-0.2, -0.15) is 5.10 Å². The number of nitrogens with two attached hydrogens (primary N) is 1. The number of aromatic nitrogens is 5. The van der Waals surface area contributed by atoms with Gasteiger partial charge in [-0.25, -0.2) is 14.6 Å². The van der Waals surface area contributed by atoms with Gasteiger partial charge in [-0.15, -0.1) is 0 Å². The minimum Gasteiger partial charge on any atom is -0.491 e. The number of hydrogen-bond acceptors (Lipinski definition) is 5. The monoisotopic (exact) mass is 366 g/mol. The van der Waals surface area contributed by atoms with E-state index in [1.165, 1.54) is 0 Å². The zero-order valence-corrected chi connectivity index (χ0v) is 15.6. The fraction of sp³-hybridized carbons (Fsp3) is 0.368. The lowest BCUT2D eigenvalue weighted by Gasteiger charge is -2.12. The van der Waals surface area contributed by atoms with Gasteiger partial charge in [0.15, 0.2) is 5.82 Å². The number of ether oxygens (including phenoxy) is 1. The van der Waals surface area contributed by atoms with Crippen LogP contribution in [0.4, 0.5) is 0 Å². The maximum atomic E-state index is 11.5. The molecule has 140 valence electrons. The van der Waals surface area contributed by atoms with E-state index in [9.17, 15) is 4.79 Å². The van der Waals surface area contributed by atoms with Gasteiger partial charge in [-0.3, -0.25) is 4.79 Å². The molecule has 4 rings (SSSR count). The van der Waals surface area contributed by atoms with Gasteiger partial charge in [0.05, 0.1) is 18.0 Å². The van der Waals surface area contributed by atoms with Gasteiger partial charge in [-0.1, -0.05) is 6.07 Å². The molecule has 1 aliphatic heterocycles. The SMILES string of the molecule is CC(C)n1ncnc1-c1cn2c(n1)-c1ccc([C@H](C)C(N)=O)cc1OCC2. The van der Waals surface area contributed by atoms with E-state index in [1.54, 1.807) is 13.3 Å². The second-order valence-corrected chi connectivity index (χ2v) is 6.99. The van der Waals surface area contributed by atoms with E-state index in [2.05, 4.69) is 28.5 Å². The van der Waals surface area contributed by atoms with Gasteiger partial charge in [0, 0.05) is 12.2 Å². The van der Waals surface area contributed by atoms with Gasteiger partial charge in [0.2, 0.25) is 5.91 Å². The Morgan fingerprint density at radius 1 is 1.26 bits per heavy atom. The molecule has 0 saturated carbocycles. The third kappa shape index (κ3) is 2.97. The first-order chi connectivity index (χ1) is 13.0. The van der Waals surface area contributed by atoms with E-state index in [-0.39, 0.29) is 17.9 Å². The van der Waals surface area contributed by atoms with Crippen LogP contribution in [-0.2, 0) is 11.3 Å². The molecule has 0 bridgehead atoms. The number of amides is 1. The second kappa shape index (κ2) is 6.53. The Hall–Kier alpha value is -3.16. The van der Waals surface area contributed by atoms with Crippen LogP contribution in [0, 0.1) is 0 Å². The lowest BCUT2D eigenvalue weighted by Crippen LogP contribution is -2.18. The Morgan fingerprint density at radius 3 is 2.81 bits per heavy atom. The minimum atomic E-state index is -0.373. The van der Waals surface area contributed by atoms with Gasteiger partial charge in [0.25, 0.3) is 0 Å². The van der Waals surface area contributed by atoms with E-state index < -0.39 is 0 Å². The topological polar surface area (TPSA) is 101 Å². The predicted molar refractivity (Wildman–Crippen MR) is 100 cm³/mol. The second-order valence-electron chi connectivity index (χ2n) is 6.99. The minimum absolute atomic E-state index is 0.192. The van der Waals surface area contributed by atoms with E-state index in [4.69, 9.17) is 15.5 Å². The highest BCUT2D eigenvalue weighted by Gasteiger charge is 2.23. The Kier molecular flexibility index (Phi) is 4.18. The summed E-state index contributed by atoms with van der Waals surface area (Å²) in [5, 5.41) is 4.30. The first-order valence-corrected chi connectivity index (χ1v) is 8.99. The molecule has 0 spiro atoms. The molecule has 0 aliphatic carbocycles. The standard InChI is InChI=1S/C19H22N6O2/c1-11(2)25-19(21-10-22-25)15-9-24-6-7-27-16-8-13(12(3)17(20)26)4-5-14(16)18(24)23-15/h4-5,8-12H,6-7H2,1-3H3,(H2,20,26)/t12-/m0/s1. The molecule has 2 N–H and O–H groups in total. The summed E-state index contributed by atoms with van der Waals surface area (Å²) in [6.45, 7) is 7.10. The third-order valence-corrected chi connectivity index (χ3v) is 4.83. The maximum Gasteiger partial charge on any atom is 0.224 e. The predicted octanol–water partition coefficient (Wildman–Crippen LogP) is 2.37. The van der Waals surface area contributed by atoms with Crippen molar-refractivity contribution < 1.29 is 9.53 Å². The van der Waals surface area contributed by atoms with Gasteiger partial charge < -0.3 is 15.0 Å². The first-order valence-electron chi connectivity index (χ1n) is 8.99. The van der Waals surface area contributed by atoms with Crippen LogP contribution >= 0.6 is 0 Å². The van der Waals surface area contributed by atoms with Crippen molar-refractivity contribution in [2.45, 2.75) is 39.3 Å². The summed E-state index contributed by atoms with van der Waals surface area (Å²) in [5.41, 5.74) is 7.93. The molecule has 1 amide bonds. The highest BCUT2D eigenvalue weighted by atomic mass is 16.5. The molecule has 8 heteroatoms. The summed E-state index contributed by atoms with van der Waals surface area (Å²) in [6.07, 6.45) is 3.53.